The Kier molecular flexibility index (Phi) is 4.06. The summed E-state index contributed by atoms with van der Waals surface area (Å²) in [7, 11) is -3.37. The lowest BCUT2D eigenvalue weighted by Gasteiger charge is -2.11. The van der Waals surface area contributed by atoms with E-state index in [0.717, 1.165) is 6.26 Å². The van der Waals surface area contributed by atoms with Gasteiger partial charge in [0.2, 0.25) is 0 Å². The Bertz CT molecular complexity index is 513. The Morgan fingerprint density at radius 3 is 2.76 bits per heavy atom. The average molecular weight is 258 g/mol. The molecular formula is C10H14N2O4S. The molecule has 0 fully saturated rings. The van der Waals surface area contributed by atoms with Crippen LogP contribution in [0.15, 0.2) is 23.2 Å². The molecule has 6 nitrogen and oxygen atoms in total. The van der Waals surface area contributed by atoms with Crippen LogP contribution >= 0.6 is 0 Å². The smallest absolute Gasteiger partial charge is 0.308 e. The van der Waals surface area contributed by atoms with Crippen LogP contribution in [-0.2, 0) is 14.6 Å². The van der Waals surface area contributed by atoms with Gasteiger partial charge in [-0.15, -0.1) is 0 Å². The molecule has 0 aliphatic carbocycles. The number of sulfone groups is 1. The van der Waals surface area contributed by atoms with Gasteiger partial charge in [0.05, 0.1) is 5.92 Å². The first-order valence-electron chi connectivity index (χ1n) is 4.94. The van der Waals surface area contributed by atoms with E-state index in [1.165, 1.54) is 25.3 Å². The zero-order valence-electron chi connectivity index (χ0n) is 9.54. The molecule has 2 N–H and O–H groups in total. The summed E-state index contributed by atoms with van der Waals surface area (Å²) in [6, 6.07) is 2.94. The fourth-order valence-corrected chi connectivity index (χ4v) is 1.96. The number of carboxylic acids is 1. The maximum absolute atomic E-state index is 11.4. The first-order valence-corrected chi connectivity index (χ1v) is 6.83. The molecule has 0 saturated heterocycles. The highest BCUT2D eigenvalue weighted by molar-refractivity contribution is 7.90. The van der Waals surface area contributed by atoms with E-state index in [-0.39, 0.29) is 17.3 Å². The quantitative estimate of drug-likeness (QED) is 0.803. The van der Waals surface area contributed by atoms with Crippen LogP contribution in [0.4, 0.5) is 5.82 Å². The minimum absolute atomic E-state index is 0.0672. The van der Waals surface area contributed by atoms with Crippen molar-refractivity contribution in [2.24, 2.45) is 5.92 Å². The zero-order chi connectivity index (χ0) is 13.1. The maximum atomic E-state index is 11.4. The summed E-state index contributed by atoms with van der Waals surface area (Å²) < 4.78 is 22.9. The van der Waals surface area contributed by atoms with E-state index < -0.39 is 21.7 Å². The average Bonchev–Trinajstić information content (AvgIpc) is 2.24. The molecule has 94 valence electrons. The van der Waals surface area contributed by atoms with E-state index in [1.807, 2.05) is 0 Å². The lowest BCUT2D eigenvalue weighted by Crippen LogP contribution is -2.21. The van der Waals surface area contributed by atoms with Gasteiger partial charge in [-0.25, -0.2) is 13.4 Å². The van der Waals surface area contributed by atoms with Gasteiger partial charge in [0, 0.05) is 19.0 Å². The number of hydrogen-bond acceptors (Lipinski definition) is 5. The van der Waals surface area contributed by atoms with E-state index in [1.54, 1.807) is 0 Å². The third kappa shape index (κ3) is 3.70. The molecule has 7 heteroatoms. The van der Waals surface area contributed by atoms with Gasteiger partial charge >= 0.3 is 5.97 Å². The highest BCUT2D eigenvalue weighted by Crippen LogP contribution is 2.17. The number of carbonyl (C=O) groups is 1. The lowest BCUT2D eigenvalue weighted by molar-refractivity contribution is -0.140. The molecule has 0 aromatic carbocycles. The number of rotatable bonds is 5. The van der Waals surface area contributed by atoms with Crippen LogP contribution in [-0.4, -0.2) is 37.3 Å². The molecule has 1 aromatic rings. The van der Waals surface area contributed by atoms with Crippen molar-refractivity contribution in [3.63, 3.8) is 0 Å². The molecule has 1 rings (SSSR count). The fraction of sp³-hybridized carbons (Fsp3) is 0.400. The monoisotopic (exact) mass is 258 g/mol. The summed E-state index contributed by atoms with van der Waals surface area (Å²) in [5.41, 5.74) is 0. The van der Waals surface area contributed by atoms with Crippen molar-refractivity contribution in [1.82, 2.24) is 4.98 Å². The van der Waals surface area contributed by atoms with Crippen LogP contribution in [0.2, 0.25) is 0 Å². The number of carboxylic acid groups (broad SMARTS) is 1. The molecule has 1 atom stereocenters. The van der Waals surface area contributed by atoms with E-state index in [9.17, 15) is 13.2 Å². The number of aliphatic carboxylic acids is 1. The van der Waals surface area contributed by atoms with E-state index in [2.05, 4.69) is 10.3 Å². The predicted molar refractivity (Wildman–Crippen MR) is 62.6 cm³/mol. The van der Waals surface area contributed by atoms with Crippen molar-refractivity contribution in [3.05, 3.63) is 18.3 Å². The third-order valence-corrected chi connectivity index (χ3v) is 3.30. The number of hydrogen-bond donors (Lipinski definition) is 2. The second-order valence-corrected chi connectivity index (χ2v) is 5.73. The Hall–Kier alpha value is -1.63. The van der Waals surface area contributed by atoms with Crippen molar-refractivity contribution < 1.29 is 18.3 Å². The Labute approximate surface area is 99.6 Å². The predicted octanol–water partition coefficient (Wildman–Crippen LogP) is 0.618. The van der Waals surface area contributed by atoms with Crippen LogP contribution in [0.25, 0.3) is 0 Å². The summed E-state index contributed by atoms with van der Waals surface area (Å²) in [6.07, 6.45) is 2.53. The first kappa shape index (κ1) is 13.4. The Morgan fingerprint density at radius 1 is 1.59 bits per heavy atom. The lowest BCUT2D eigenvalue weighted by atomic mass is 10.2. The molecule has 0 radical (unpaired) electrons. The van der Waals surface area contributed by atoms with Crippen LogP contribution < -0.4 is 5.32 Å². The number of aromatic nitrogens is 1. The largest absolute Gasteiger partial charge is 0.481 e. The molecule has 1 unspecified atom stereocenters. The van der Waals surface area contributed by atoms with Gasteiger partial charge in [-0.05, 0) is 12.1 Å². The van der Waals surface area contributed by atoms with Crippen LogP contribution in [0.3, 0.4) is 0 Å². The van der Waals surface area contributed by atoms with E-state index in [4.69, 9.17) is 5.11 Å². The first-order chi connectivity index (χ1) is 7.82. The number of nitrogens with one attached hydrogen (secondary N) is 1. The molecule has 17 heavy (non-hydrogen) atoms. The second kappa shape index (κ2) is 5.13. The molecule has 0 bridgehead atoms. The summed E-state index contributed by atoms with van der Waals surface area (Å²) in [5.74, 6) is -1.39. The van der Waals surface area contributed by atoms with Crippen LogP contribution in [0.1, 0.15) is 6.92 Å². The normalized spacial score (nSPS) is 13.1. The van der Waals surface area contributed by atoms with Crippen molar-refractivity contribution in [1.29, 1.82) is 0 Å². The standard InChI is InChI=1S/C10H14N2O4S/c1-7(10(13)14)6-12-9-8(17(2,15)16)4-3-5-11-9/h3-5,7H,6H2,1-2H3,(H,11,12)(H,13,14). The SMILES string of the molecule is CC(CNc1ncccc1S(C)(=O)=O)C(=O)O. The number of anilines is 1. The molecule has 0 spiro atoms. The molecular weight excluding hydrogens is 244 g/mol. The van der Waals surface area contributed by atoms with Crippen LogP contribution in [0.5, 0.6) is 0 Å². The topological polar surface area (TPSA) is 96.4 Å². The minimum atomic E-state index is -3.37. The molecule has 1 heterocycles. The van der Waals surface area contributed by atoms with Gasteiger partial charge in [0.1, 0.15) is 10.7 Å². The molecule has 0 aliphatic rings. The van der Waals surface area contributed by atoms with Gasteiger partial charge in [0.15, 0.2) is 9.84 Å². The van der Waals surface area contributed by atoms with Gasteiger partial charge in [-0.2, -0.15) is 0 Å². The van der Waals surface area contributed by atoms with Crippen LogP contribution in [0, 0.1) is 5.92 Å². The summed E-state index contributed by atoms with van der Waals surface area (Å²) in [5, 5.41) is 11.4. The van der Waals surface area contributed by atoms with Gasteiger partial charge in [-0.1, -0.05) is 6.92 Å². The van der Waals surface area contributed by atoms with Crippen molar-refractivity contribution in [3.8, 4) is 0 Å². The Balaban J connectivity index is 2.89. The third-order valence-electron chi connectivity index (χ3n) is 2.17. The van der Waals surface area contributed by atoms with Crippen molar-refractivity contribution in [2.75, 3.05) is 18.1 Å². The highest BCUT2D eigenvalue weighted by atomic mass is 32.2. The minimum Gasteiger partial charge on any atom is -0.481 e. The molecule has 0 aliphatic heterocycles. The number of nitrogens with zero attached hydrogens (tertiary/aromatic N) is 1. The van der Waals surface area contributed by atoms with Gasteiger partial charge < -0.3 is 10.4 Å². The van der Waals surface area contributed by atoms with Crippen molar-refractivity contribution >= 4 is 21.6 Å². The van der Waals surface area contributed by atoms with E-state index >= 15 is 0 Å². The fourth-order valence-electron chi connectivity index (χ4n) is 1.16. The maximum Gasteiger partial charge on any atom is 0.308 e. The summed E-state index contributed by atoms with van der Waals surface area (Å²) in [6.45, 7) is 1.65. The molecule has 0 amide bonds. The summed E-state index contributed by atoms with van der Waals surface area (Å²) >= 11 is 0. The van der Waals surface area contributed by atoms with Crippen molar-refractivity contribution in [2.45, 2.75) is 11.8 Å². The molecule has 1 aromatic heterocycles. The van der Waals surface area contributed by atoms with Gasteiger partial charge in [-0.3, -0.25) is 4.79 Å². The number of pyridine rings is 1. The molecule has 0 saturated carbocycles. The Morgan fingerprint density at radius 2 is 2.24 bits per heavy atom. The van der Waals surface area contributed by atoms with Gasteiger partial charge in [0.25, 0.3) is 0 Å². The van der Waals surface area contributed by atoms with E-state index in [0.29, 0.717) is 0 Å². The highest BCUT2D eigenvalue weighted by Gasteiger charge is 2.16. The zero-order valence-corrected chi connectivity index (χ0v) is 10.4. The second-order valence-electron chi connectivity index (χ2n) is 3.74. The summed E-state index contributed by atoms with van der Waals surface area (Å²) in [4.78, 5) is 14.6.